The fourth-order valence-corrected chi connectivity index (χ4v) is 4.13. The molecule has 2 N–H and O–H groups in total. The Bertz CT molecular complexity index is 1220. The summed E-state index contributed by atoms with van der Waals surface area (Å²) in [4.78, 5) is 3.79. The van der Waals surface area contributed by atoms with Crippen LogP contribution in [0.5, 0.6) is 11.6 Å². The molecule has 0 radical (unpaired) electrons. The Balaban J connectivity index is 1.63. The third-order valence-corrected chi connectivity index (χ3v) is 5.54. The molecule has 2 aromatic carbocycles. The fraction of sp³-hybridized carbons (Fsp3) is 0.105. The minimum atomic E-state index is -4.50. The van der Waals surface area contributed by atoms with Crippen molar-refractivity contribution in [1.82, 2.24) is 9.71 Å². The van der Waals surface area contributed by atoms with Gasteiger partial charge in [-0.25, -0.2) is 4.98 Å². The van der Waals surface area contributed by atoms with Gasteiger partial charge in [0, 0.05) is 29.4 Å². The molecular weight excluding hydrogens is 443 g/mol. The number of fused-ring (bicyclic) bond motifs is 1. The van der Waals surface area contributed by atoms with Crippen LogP contribution in [0, 0.1) is 0 Å². The highest BCUT2D eigenvalue weighted by atomic mass is 35.5. The topological polar surface area (TPSA) is 80.3 Å². The van der Waals surface area contributed by atoms with Gasteiger partial charge in [0.15, 0.2) is 0 Å². The van der Waals surface area contributed by atoms with Crippen molar-refractivity contribution < 1.29 is 26.3 Å². The SMILES string of the molecule is O=S1(=O)NCc2cc(Cl)cc(-c3ccc(Oc4cc(C(F)(F)F)ccn4)cc3)c2N1. The van der Waals surface area contributed by atoms with Crippen molar-refractivity contribution >= 4 is 27.5 Å². The Morgan fingerprint density at radius 1 is 1.07 bits per heavy atom. The first-order valence-electron chi connectivity index (χ1n) is 8.52. The van der Waals surface area contributed by atoms with Gasteiger partial charge in [-0.15, -0.1) is 0 Å². The molecule has 0 bridgehead atoms. The van der Waals surface area contributed by atoms with Gasteiger partial charge in [-0.3, -0.25) is 4.72 Å². The van der Waals surface area contributed by atoms with Crippen molar-refractivity contribution in [1.29, 1.82) is 0 Å². The predicted molar refractivity (Wildman–Crippen MR) is 106 cm³/mol. The second-order valence-electron chi connectivity index (χ2n) is 6.42. The summed E-state index contributed by atoms with van der Waals surface area (Å²) >= 11 is 6.16. The highest BCUT2D eigenvalue weighted by Gasteiger charge is 2.31. The highest BCUT2D eigenvalue weighted by Crippen LogP contribution is 2.37. The number of ether oxygens (including phenoxy) is 1. The average molecular weight is 456 g/mol. The number of aromatic nitrogens is 1. The van der Waals surface area contributed by atoms with Crippen molar-refractivity contribution in [2.24, 2.45) is 0 Å². The number of anilines is 1. The normalized spacial score (nSPS) is 15.2. The van der Waals surface area contributed by atoms with Gasteiger partial charge in [0.05, 0.1) is 11.3 Å². The monoisotopic (exact) mass is 455 g/mol. The van der Waals surface area contributed by atoms with Crippen molar-refractivity contribution in [2.45, 2.75) is 12.7 Å². The Morgan fingerprint density at radius 3 is 2.50 bits per heavy atom. The molecule has 1 aliphatic heterocycles. The van der Waals surface area contributed by atoms with Crippen molar-refractivity contribution in [2.75, 3.05) is 4.72 Å². The Morgan fingerprint density at radius 2 is 1.80 bits per heavy atom. The van der Waals surface area contributed by atoms with Gasteiger partial charge in [0.1, 0.15) is 5.75 Å². The molecule has 0 fully saturated rings. The zero-order valence-electron chi connectivity index (χ0n) is 15.0. The van der Waals surface area contributed by atoms with Gasteiger partial charge >= 0.3 is 6.18 Å². The predicted octanol–water partition coefficient (Wildman–Crippen LogP) is 4.97. The van der Waals surface area contributed by atoms with Crippen molar-refractivity contribution in [3.63, 3.8) is 0 Å². The lowest BCUT2D eigenvalue weighted by Crippen LogP contribution is -2.34. The van der Waals surface area contributed by atoms with E-state index in [9.17, 15) is 21.6 Å². The van der Waals surface area contributed by atoms with E-state index in [1.807, 2.05) is 0 Å². The third-order valence-electron chi connectivity index (χ3n) is 4.32. The van der Waals surface area contributed by atoms with Crippen molar-refractivity contribution in [3.8, 4) is 22.8 Å². The number of alkyl halides is 3. The molecule has 2 heterocycles. The van der Waals surface area contributed by atoms with E-state index in [0.717, 1.165) is 18.3 Å². The molecule has 4 rings (SSSR count). The van der Waals surface area contributed by atoms with Crippen LogP contribution in [-0.2, 0) is 22.9 Å². The fourth-order valence-electron chi connectivity index (χ4n) is 2.96. The summed E-state index contributed by atoms with van der Waals surface area (Å²) in [6.07, 6.45) is -3.48. The Labute approximate surface area is 174 Å². The van der Waals surface area contributed by atoms with Crippen LogP contribution in [0.15, 0.2) is 54.7 Å². The van der Waals surface area contributed by atoms with Crippen LogP contribution in [0.25, 0.3) is 11.1 Å². The molecule has 0 spiro atoms. The first-order valence-corrected chi connectivity index (χ1v) is 10.4. The molecule has 6 nitrogen and oxygen atoms in total. The summed E-state index contributed by atoms with van der Waals surface area (Å²) in [7, 11) is -3.67. The second-order valence-corrected chi connectivity index (χ2v) is 8.36. The number of pyridine rings is 1. The number of rotatable bonds is 3. The zero-order valence-corrected chi connectivity index (χ0v) is 16.6. The van der Waals surface area contributed by atoms with E-state index >= 15 is 0 Å². The van der Waals surface area contributed by atoms with Gasteiger partial charge in [-0.1, -0.05) is 23.7 Å². The first-order chi connectivity index (χ1) is 14.1. The molecule has 11 heteroatoms. The van der Waals surface area contributed by atoms with E-state index in [-0.39, 0.29) is 18.2 Å². The van der Waals surface area contributed by atoms with Gasteiger partial charge in [0.2, 0.25) is 5.88 Å². The lowest BCUT2D eigenvalue weighted by Gasteiger charge is -2.22. The van der Waals surface area contributed by atoms with E-state index in [1.165, 1.54) is 0 Å². The molecule has 0 saturated heterocycles. The number of benzene rings is 2. The maximum absolute atomic E-state index is 12.8. The highest BCUT2D eigenvalue weighted by molar-refractivity contribution is 7.90. The molecule has 0 aliphatic carbocycles. The number of hydrogen-bond acceptors (Lipinski definition) is 4. The average Bonchev–Trinajstić information content (AvgIpc) is 2.68. The van der Waals surface area contributed by atoms with Crippen LogP contribution in [-0.4, -0.2) is 13.4 Å². The molecule has 0 saturated carbocycles. The van der Waals surface area contributed by atoms with Crippen LogP contribution < -0.4 is 14.2 Å². The van der Waals surface area contributed by atoms with E-state index in [0.29, 0.717) is 27.4 Å². The number of halogens is 4. The standard InChI is InChI=1S/C19H13ClF3N3O3S/c20-14-7-12-10-25-30(27,28)26-18(12)16(9-14)11-1-3-15(4-2-11)29-17-8-13(5-6-24-17)19(21,22)23/h1-9,25-26H,10H2. The molecule has 0 amide bonds. The molecule has 0 unspecified atom stereocenters. The maximum atomic E-state index is 12.8. The van der Waals surface area contributed by atoms with Crippen LogP contribution in [0.3, 0.4) is 0 Å². The second kappa shape index (κ2) is 7.46. The smallest absolute Gasteiger partial charge is 0.416 e. The summed E-state index contributed by atoms with van der Waals surface area (Å²) in [6, 6.07) is 11.3. The van der Waals surface area contributed by atoms with E-state index in [4.69, 9.17) is 16.3 Å². The van der Waals surface area contributed by atoms with Crippen LogP contribution >= 0.6 is 11.6 Å². The first kappa shape index (κ1) is 20.5. The Kier molecular flexibility index (Phi) is 5.08. The van der Waals surface area contributed by atoms with Gasteiger partial charge in [0.25, 0.3) is 10.2 Å². The lowest BCUT2D eigenvalue weighted by atomic mass is 10.00. The molecule has 156 valence electrons. The van der Waals surface area contributed by atoms with Crippen LogP contribution in [0.2, 0.25) is 5.02 Å². The molecule has 0 atom stereocenters. The van der Waals surface area contributed by atoms with Gasteiger partial charge < -0.3 is 4.74 Å². The quantitative estimate of drug-likeness (QED) is 0.584. The maximum Gasteiger partial charge on any atom is 0.416 e. The molecule has 3 aromatic rings. The molecule has 30 heavy (non-hydrogen) atoms. The summed E-state index contributed by atoms with van der Waals surface area (Å²) in [6.45, 7) is 0.0979. The number of nitrogens with one attached hydrogen (secondary N) is 2. The van der Waals surface area contributed by atoms with Crippen molar-refractivity contribution in [3.05, 3.63) is 70.9 Å². The van der Waals surface area contributed by atoms with E-state index in [2.05, 4.69) is 14.4 Å². The minimum absolute atomic E-state index is 0.0979. The summed E-state index contributed by atoms with van der Waals surface area (Å²) in [5, 5.41) is 0.431. The summed E-state index contributed by atoms with van der Waals surface area (Å²) in [5.41, 5.74) is 1.43. The largest absolute Gasteiger partial charge is 0.439 e. The zero-order chi connectivity index (χ0) is 21.5. The summed E-state index contributed by atoms with van der Waals surface area (Å²) in [5.74, 6) is 0.0697. The number of nitrogens with zero attached hydrogens (tertiary/aromatic N) is 1. The summed E-state index contributed by atoms with van der Waals surface area (Å²) < 4.78 is 72.5. The van der Waals surface area contributed by atoms with Crippen LogP contribution in [0.4, 0.5) is 18.9 Å². The van der Waals surface area contributed by atoms with E-state index in [1.54, 1.807) is 36.4 Å². The number of hydrogen-bond donors (Lipinski definition) is 2. The van der Waals surface area contributed by atoms with Crippen LogP contribution in [0.1, 0.15) is 11.1 Å². The molecule has 1 aromatic heterocycles. The Hall–Kier alpha value is -2.82. The molecule has 1 aliphatic rings. The molecular formula is C19H13ClF3N3O3S. The minimum Gasteiger partial charge on any atom is -0.439 e. The third kappa shape index (κ3) is 4.35. The van der Waals surface area contributed by atoms with E-state index < -0.39 is 21.9 Å². The lowest BCUT2D eigenvalue weighted by molar-refractivity contribution is -0.137. The van der Waals surface area contributed by atoms with Gasteiger partial charge in [-0.2, -0.15) is 26.3 Å². The van der Waals surface area contributed by atoms with Gasteiger partial charge in [-0.05, 0) is 41.5 Å².